The van der Waals surface area contributed by atoms with Crippen LogP contribution in [-0.4, -0.2) is 35.9 Å². The lowest BCUT2D eigenvalue weighted by atomic mass is 9.89. The molecule has 1 aromatic heterocycles. The van der Waals surface area contributed by atoms with E-state index in [-0.39, 0.29) is 12.1 Å². The number of fused-ring (bicyclic) bond motifs is 2. The van der Waals surface area contributed by atoms with Crippen LogP contribution in [0.15, 0.2) is 14.1 Å². The second-order valence-electron chi connectivity index (χ2n) is 5.34. The highest BCUT2D eigenvalue weighted by molar-refractivity contribution is 9.11. The van der Waals surface area contributed by atoms with Gasteiger partial charge >= 0.3 is 5.97 Å². The molecule has 110 valence electrons. The molecule has 3 unspecified atom stereocenters. The Morgan fingerprint density at radius 3 is 2.70 bits per heavy atom. The molecule has 2 aliphatic heterocycles. The van der Waals surface area contributed by atoms with Gasteiger partial charge in [-0.05, 0) is 53.7 Å². The molecule has 0 saturated carbocycles. The third-order valence-electron chi connectivity index (χ3n) is 4.16. The Morgan fingerprint density at radius 2 is 2.20 bits per heavy atom. The predicted octanol–water partition coefficient (Wildman–Crippen LogP) is 2.45. The Morgan fingerprint density at radius 1 is 1.50 bits per heavy atom. The Labute approximate surface area is 129 Å². The highest BCUT2D eigenvalue weighted by Crippen LogP contribution is 2.46. The maximum Gasteiger partial charge on any atom is 0.308 e. The van der Waals surface area contributed by atoms with Crippen LogP contribution in [0, 0.1) is 12.8 Å². The number of carboxylic acids is 1. The smallest absolute Gasteiger partial charge is 0.308 e. The van der Waals surface area contributed by atoms with Gasteiger partial charge in [-0.1, -0.05) is 0 Å². The van der Waals surface area contributed by atoms with E-state index < -0.39 is 21.9 Å². The Kier molecular flexibility index (Phi) is 3.47. The topological polar surface area (TPSA) is 74.7 Å². The van der Waals surface area contributed by atoms with Crippen molar-refractivity contribution >= 4 is 43.3 Å². The molecule has 2 aliphatic rings. The summed E-state index contributed by atoms with van der Waals surface area (Å²) < 4.78 is 28.1. The number of carboxylic acid groups (broad SMARTS) is 1. The van der Waals surface area contributed by atoms with Crippen molar-refractivity contribution in [2.75, 3.05) is 0 Å². The first-order valence-corrected chi connectivity index (χ1v) is 9.39. The summed E-state index contributed by atoms with van der Waals surface area (Å²) in [6.45, 7) is 1.85. The van der Waals surface area contributed by atoms with Gasteiger partial charge in [0.25, 0.3) is 10.0 Å². The average Bonchev–Trinajstić information content (AvgIpc) is 3.03. The van der Waals surface area contributed by atoms with Crippen molar-refractivity contribution < 1.29 is 18.3 Å². The van der Waals surface area contributed by atoms with E-state index >= 15 is 0 Å². The number of thiophene rings is 1. The highest BCUT2D eigenvalue weighted by atomic mass is 79.9. The first-order chi connectivity index (χ1) is 9.32. The molecule has 1 N–H and O–H groups in total. The zero-order valence-electron chi connectivity index (χ0n) is 10.7. The van der Waals surface area contributed by atoms with Gasteiger partial charge in [-0.2, -0.15) is 4.31 Å². The van der Waals surface area contributed by atoms with E-state index in [2.05, 4.69) is 15.9 Å². The Bertz CT molecular complexity index is 649. The molecule has 3 heterocycles. The minimum atomic E-state index is -3.58. The third kappa shape index (κ3) is 2.04. The van der Waals surface area contributed by atoms with E-state index in [0.717, 1.165) is 15.8 Å². The van der Waals surface area contributed by atoms with Gasteiger partial charge in [0.15, 0.2) is 0 Å². The average molecular weight is 380 g/mol. The highest BCUT2D eigenvalue weighted by Gasteiger charge is 2.54. The van der Waals surface area contributed by atoms with Gasteiger partial charge in [0.1, 0.15) is 4.21 Å². The molecule has 20 heavy (non-hydrogen) atoms. The molecule has 5 nitrogen and oxygen atoms in total. The van der Waals surface area contributed by atoms with Gasteiger partial charge in [0.05, 0.1) is 9.70 Å². The van der Waals surface area contributed by atoms with Crippen LogP contribution in [0.4, 0.5) is 0 Å². The van der Waals surface area contributed by atoms with Crippen LogP contribution in [-0.2, 0) is 14.8 Å². The fraction of sp³-hybridized carbons (Fsp3) is 0.583. The van der Waals surface area contributed by atoms with Gasteiger partial charge in [0, 0.05) is 12.1 Å². The molecular weight excluding hydrogens is 366 g/mol. The summed E-state index contributed by atoms with van der Waals surface area (Å²) in [7, 11) is -3.58. The number of rotatable bonds is 3. The van der Waals surface area contributed by atoms with E-state index in [1.165, 1.54) is 15.6 Å². The van der Waals surface area contributed by atoms with Crippen LogP contribution in [0.25, 0.3) is 0 Å². The van der Waals surface area contributed by atoms with Crippen LogP contribution in [0.1, 0.15) is 24.8 Å². The Hall–Kier alpha value is -0.440. The molecule has 2 saturated heterocycles. The Balaban J connectivity index is 1.99. The quantitative estimate of drug-likeness (QED) is 0.874. The van der Waals surface area contributed by atoms with E-state index in [9.17, 15) is 18.3 Å². The van der Waals surface area contributed by atoms with E-state index in [1.54, 1.807) is 6.07 Å². The van der Waals surface area contributed by atoms with Crippen molar-refractivity contribution in [1.82, 2.24) is 4.31 Å². The maximum atomic E-state index is 12.8. The number of sulfonamides is 1. The predicted molar refractivity (Wildman–Crippen MR) is 78.3 cm³/mol. The van der Waals surface area contributed by atoms with Crippen LogP contribution in [0.3, 0.4) is 0 Å². The lowest BCUT2D eigenvalue weighted by molar-refractivity contribution is -0.142. The van der Waals surface area contributed by atoms with Crippen LogP contribution in [0.2, 0.25) is 0 Å². The summed E-state index contributed by atoms with van der Waals surface area (Å²) in [5, 5.41) is 9.21. The fourth-order valence-corrected chi connectivity index (χ4v) is 7.49. The molecule has 3 atom stereocenters. The van der Waals surface area contributed by atoms with Crippen LogP contribution >= 0.6 is 27.3 Å². The molecule has 2 bridgehead atoms. The third-order valence-corrected chi connectivity index (χ3v) is 8.72. The second kappa shape index (κ2) is 4.79. The standard InChI is InChI=1S/C12H14BrNO4S2/c1-6-4-10(19-11(6)13)20(17,18)14-7-2-3-9(14)8(5-7)12(15)16/h4,7-9H,2-3,5H2,1H3,(H,15,16). The first-order valence-electron chi connectivity index (χ1n) is 6.34. The zero-order chi connectivity index (χ0) is 14.7. The molecule has 0 spiro atoms. The number of nitrogens with zero attached hydrogens (tertiary/aromatic N) is 1. The summed E-state index contributed by atoms with van der Waals surface area (Å²) in [5.74, 6) is -1.45. The van der Waals surface area contributed by atoms with Crippen LogP contribution in [0.5, 0.6) is 0 Å². The molecule has 2 fully saturated rings. The summed E-state index contributed by atoms with van der Waals surface area (Å²) >= 11 is 4.53. The first kappa shape index (κ1) is 14.5. The fourth-order valence-electron chi connectivity index (χ4n) is 3.24. The van der Waals surface area contributed by atoms with Crippen molar-refractivity contribution in [2.45, 2.75) is 42.5 Å². The van der Waals surface area contributed by atoms with Gasteiger partial charge in [-0.3, -0.25) is 4.79 Å². The molecule has 3 rings (SSSR count). The van der Waals surface area contributed by atoms with Crippen LogP contribution < -0.4 is 0 Å². The SMILES string of the molecule is Cc1cc(S(=O)(=O)N2C3CCC2C(C(=O)O)C3)sc1Br. The number of hydrogen-bond acceptors (Lipinski definition) is 4. The molecule has 8 heteroatoms. The van der Waals surface area contributed by atoms with E-state index in [0.29, 0.717) is 17.1 Å². The number of halogens is 1. The largest absolute Gasteiger partial charge is 0.481 e. The van der Waals surface area contributed by atoms with Crippen molar-refractivity contribution in [3.05, 3.63) is 15.4 Å². The normalized spacial score (nSPS) is 30.0. The molecule has 0 radical (unpaired) electrons. The minimum absolute atomic E-state index is 0.160. The molecule has 0 amide bonds. The minimum Gasteiger partial charge on any atom is -0.481 e. The van der Waals surface area contributed by atoms with Crippen molar-refractivity contribution in [2.24, 2.45) is 5.92 Å². The number of aliphatic carboxylic acids is 1. The number of hydrogen-bond donors (Lipinski definition) is 1. The molecular formula is C12H14BrNO4S2. The summed E-state index contributed by atoms with van der Waals surface area (Å²) in [6.07, 6.45) is 1.84. The number of aryl methyl sites for hydroxylation is 1. The van der Waals surface area contributed by atoms with E-state index in [1.807, 2.05) is 6.92 Å². The second-order valence-corrected chi connectivity index (χ2v) is 9.78. The lowest BCUT2D eigenvalue weighted by Gasteiger charge is -2.21. The lowest BCUT2D eigenvalue weighted by Crippen LogP contribution is -2.37. The van der Waals surface area contributed by atoms with E-state index in [4.69, 9.17) is 0 Å². The zero-order valence-corrected chi connectivity index (χ0v) is 14.0. The molecule has 0 aliphatic carbocycles. The maximum absolute atomic E-state index is 12.8. The van der Waals surface area contributed by atoms with Crippen molar-refractivity contribution in [3.63, 3.8) is 0 Å². The van der Waals surface area contributed by atoms with Crippen molar-refractivity contribution in [3.8, 4) is 0 Å². The summed E-state index contributed by atoms with van der Waals surface area (Å²) in [4.78, 5) is 11.2. The van der Waals surface area contributed by atoms with Crippen molar-refractivity contribution in [1.29, 1.82) is 0 Å². The monoisotopic (exact) mass is 379 g/mol. The summed E-state index contributed by atoms with van der Waals surface area (Å²) in [6, 6.07) is 1.11. The van der Waals surface area contributed by atoms with Gasteiger partial charge in [-0.25, -0.2) is 8.42 Å². The van der Waals surface area contributed by atoms with Gasteiger partial charge in [-0.15, -0.1) is 11.3 Å². The molecule has 0 aromatic carbocycles. The number of carbonyl (C=O) groups is 1. The summed E-state index contributed by atoms with van der Waals surface area (Å²) in [5.41, 5.74) is 0.884. The molecule has 1 aromatic rings. The van der Waals surface area contributed by atoms with Gasteiger partial charge in [0.2, 0.25) is 0 Å². The van der Waals surface area contributed by atoms with Gasteiger partial charge < -0.3 is 5.11 Å².